The summed E-state index contributed by atoms with van der Waals surface area (Å²) in [5, 5.41) is 0. The minimum absolute atomic E-state index is 0.0884. The molecule has 0 saturated heterocycles. The van der Waals surface area contributed by atoms with E-state index in [2.05, 4.69) is 4.72 Å². The number of methoxy groups -OCH3 is 1. The Labute approximate surface area is 132 Å². The van der Waals surface area contributed by atoms with E-state index in [-0.39, 0.29) is 10.8 Å². The molecule has 8 heteroatoms. The van der Waals surface area contributed by atoms with Crippen molar-refractivity contribution in [2.24, 2.45) is 0 Å². The smallest absolute Gasteiger partial charge is 0.250 e. The number of rotatable bonds is 5. The molecule has 0 atom stereocenters. The van der Waals surface area contributed by atoms with Crippen molar-refractivity contribution >= 4 is 38.6 Å². The van der Waals surface area contributed by atoms with E-state index in [1.165, 1.54) is 7.11 Å². The normalized spacial score (nSPS) is 11.6. The Hall–Kier alpha value is -1.28. The Morgan fingerprint density at radius 1 is 1.38 bits per heavy atom. The number of anilines is 1. The molecule has 3 N–H and O–H groups in total. The van der Waals surface area contributed by atoms with Crippen molar-refractivity contribution in [3.05, 3.63) is 39.7 Å². The lowest BCUT2D eigenvalue weighted by Crippen LogP contribution is -2.22. The zero-order chi connectivity index (χ0) is 15.6. The lowest BCUT2D eigenvalue weighted by molar-refractivity contribution is 0.409. The standard InChI is InChI=1S/C13H15ClN2O3S2/c1-8-5-12(20-13(8)14)21(17,18)16-7-9-6-10(15)3-4-11(9)19-2/h3-6,16H,7,15H2,1-2H3. The summed E-state index contributed by atoms with van der Waals surface area (Å²) in [5.74, 6) is 0.576. The zero-order valence-electron chi connectivity index (χ0n) is 11.5. The van der Waals surface area contributed by atoms with Crippen LogP contribution in [0.5, 0.6) is 5.75 Å². The summed E-state index contributed by atoms with van der Waals surface area (Å²) >= 11 is 6.94. The van der Waals surface area contributed by atoms with Gasteiger partial charge in [0, 0.05) is 17.8 Å². The summed E-state index contributed by atoms with van der Waals surface area (Å²) in [6.07, 6.45) is 0. The number of sulfonamides is 1. The fourth-order valence-corrected chi connectivity index (χ4v) is 4.50. The Bertz CT molecular complexity index is 737. The molecule has 0 aliphatic heterocycles. The second-order valence-electron chi connectivity index (χ2n) is 4.42. The van der Waals surface area contributed by atoms with Gasteiger partial charge in [0.15, 0.2) is 0 Å². The molecule has 0 aliphatic rings. The predicted octanol–water partition coefficient (Wildman–Crippen LogP) is 2.78. The van der Waals surface area contributed by atoms with Gasteiger partial charge < -0.3 is 10.5 Å². The van der Waals surface area contributed by atoms with Crippen LogP contribution in [0, 0.1) is 6.92 Å². The number of nitrogens with one attached hydrogen (secondary N) is 1. The molecule has 1 heterocycles. The number of ether oxygens (including phenoxy) is 1. The molecule has 0 unspecified atom stereocenters. The zero-order valence-corrected chi connectivity index (χ0v) is 13.9. The second-order valence-corrected chi connectivity index (χ2v) is 8.07. The van der Waals surface area contributed by atoms with Crippen molar-refractivity contribution in [3.63, 3.8) is 0 Å². The van der Waals surface area contributed by atoms with E-state index in [0.29, 0.717) is 21.3 Å². The Kier molecular flexibility index (Phi) is 4.77. The quantitative estimate of drug-likeness (QED) is 0.816. The highest BCUT2D eigenvalue weighted by Crippen LogP contribution is 2.30. The fourth-order valence-electron chi connectivity index (χ4n) is 1.74. The van der Waals surface area contributed by atoms with E-state index in [9.17, 15) is 8.42 Å². The van der Waals surface area contributed by atoms with Gasteiger partial charge in [-0.15, -0.1) is 11.3 Å². The van der Waals surface area contributed by atoms with Gasteiger partial charge in [-0.1, -0.05) is 11.6 Å². The molecule has 21 heavy (non-hydrogen) atoms. The van der Waals surface area contributed by atoms with Crippen LogP contribution in [0.2, 0.25) is 4.34 Å². The molecule has 5 nitrogen and oxygen atoms in total. The third kappa shape index (κ3) is 3.68. The topological polar surface area (TPSA) is 81.4 Å². The first-order valence-corrected chi connectivity index (χ1v) is 8.69. The second kappa shape index (κ2) is 6.23. The molecule has 1 aromatic carbocycles. The molecular weight excluding hydrogens is 332 g/mol. The first kappa shape index (κ1) is 16.1. The van der Waals surface area contributed by atoms with Gasteiger partial charge in [0.25, 0.3) is 0 Å². The van der Waals surface area contributed by atoms with Crippen LogP contribution in [0.4, 0.5) is 5.69 Å². The number of aryl methyl sites for hydroxylation is 1. The van der Waals surface area contributed by atoms with Gasteiger partial charge in [-0.25, -0.2) is 13.1 Å². The molecule has 0 amide bonds. The first-order chi connectivity index (χ1) is 9.83. The third-order valence-corrected chi connectivity index (χ3v) is 6.29. The van der Waals surface area contributed by atoms with Crippen molar-refractivity contribution in [3.8, 4) is 5.75 Å². The van der Waals surface area contributed by atoms with Crippen molar-refractivity contribution in [1.82, 2.24) is 4.72 Å². The number of hydrogen-bond acceptors (Lipinski definition) is 5. The van der Waals surface area contributed by atoms with Gasteiger partial charge >= 0.3 is 0 Å². The van der Waals surface area contributed by atoms with Crippen LogP contribution in [0.15, 0.2) is 28.5 Å². The number of halogens is 1. The molecule has 114 valence electrons. The van der Waals surface area contributed by atoms with E-state index in [4.69, 9.17) is 22.1 Å². The van der Waals surface area contributed by atoms with Gasteiger partial charge in [-0.05, 0) is 36.8 Å². The monoisotopic (exact) mass is 346 g/mol. The van der Waals surface area contributed by atoms with E-state index in [0.717, 1.165) is 16.9 Å². The van der Waals surface area contributed by atoms with Crippen LogP contribution in [-0.2, 0) is 16.6 Å². The molecular formula is C13H15ClN2O3S2. The predicted molar refractivity (Wildman–Crippen MR) is 85.5 cm³/mol. The molecule has 2 rings (SSSR count). The molecule has 0 radical (unpaired) electrons. The lowest BCUT2D eigenvalue weighted by atomic mass is 10.2. The SMILES string of the molecule is COc1ccc(N)cc1CNS(=O)(=O)c1cc(C)c(Cl)s1. The highest BCUT2D eigenvalue weighted by atomic mass is 35.5. The van der Waals surface area contributed by atoms with Gasteiger partial charge in [-0.3, -0.25) is 0 Å². The van der Waals surface area contributed by atoms with Gasteiger partial charge in [-0.2, -0.15) is 0 Å². The van der Waals surface area contributed by atoms with E-state index in [1.807, 2.05) is 0 Å². The highest BCUT2D eigenvalue weighted by molar-refractivity contribution is 7.91. The maximum atomic E-state index is 12.2. The fraction of sp³-hybridized carbons (Fsp3) is 0.231. The van der Waals surface area contributed by atoms with Crippen LogP contribution in [-0.4, -0.2) is 15.5 Å². The van der Waals surface area contributed by atoms with Gasteiger partial charge in [0.2, 0.25) is 10.0 Å². The summed E-state index contributed by atoms with van der Waals surface area (Å²) in [6, 6.07) is 6.62. The average molecular weight is 347 g/mol. The molecule has 2 aromatic rings. The third-order valence-electron chi connectivity index (χ3n) is 2.86. The Morgan fingerprint density at radius 3 is 2.67 bits per heavy atom. The first-order valence-electron chi connectivity index (χ1n) is 6.01. The molecule has 0 fully saturated rings. The molecule has 1 aromatic heterocycles. The molecule has 0 bridgehead atoms. The summed E-state index contributed by atoms with van der Waals surface area (Å²) in [6.45, 7) is 1.85. The molecule has 0 aliphatic carbocycles. The van der Waals surface area contributed by atoms with Gasteiger partial charge in [0.05, 0.1) is 11.4 Å². The maximum absolute atomic E-state index is 12.2. The van der Waals surface area contributed by atoms with Gasteiger partial charge in [0.1, 0.15) is 9.96 Å². The molecule has 0 saturated carbocycles. The number of thiophene rings is 1. The largest absolute Gasteiger partial charge is 0.496 e. The van der Waals surface area contributed by atoms with Crippen molar-refractivity contribution < 1.29 is 13.2 Å². The summed E-state index contributed by atoms with van der Waals surface area (Å²) in [5.41, 5.74) is 7.66. The van der Waals surface area contributed by atoms with Crippen LogP contribution in [0.1, 0.15) is 11.1 Å². The maximum Gasteiger partial charge on any atom is 0.250 e. The van der Waals surface area contributed by atoms with Crippen LogP contribution in [0.3, 0.4) is 0 Å². The minimum Gasteiger partial charge on any atom is -0.496 e. The Balaban J connectivity index is 2.21. The number of nitrogen functional groups attached to an aromatic ring is 1. The van der Waals surface area contributed by atoms with Crippen LogP contribution in [0.25, 0.3) is 0 Å². The number of hydrogen-bond donors (Lipinski definition) is 2. The number of benzene rings is 1. The minimum atomic E-state index is -3.61. The van der Waals surface area contributed by atoms with Crippen molar-refractivity contribution in [2.75, 3.05) is 12.8 Å². The molecule has 0 spiro atoms. The Morgan fingerprint density at radius 2 is 2.10 bits per heavy atom. The summed E-state index contributed by atoms with van der Waals surface area (Å²) in [7, 11) is -2.09. The number of nitrogens with two attached hydrogens (primary N) is 1. The van der Waals surface area contributed by atoms with E-state index < -0.39 is 10.0 Å². The van der Waals surface area contributed by atoms with Crippen molar-refractivity contribution in [2.45, 2.75) is 17.7 Å². The highest BCUT2D eigenvalue weighted by Gasteiger charge is 2.19. The van der Waals surface area contributed by atoms with Crippen molar-refractivity contribution in [1.29, 1.82) is 0 Å². The average Bonchev–Trinajstić information content (AvgIpc) is 2.77. The summed E-state index contributed by atoms with van der Waals surface area (Å²) in [4.78, 5) is 0. The van der Waals surface area contributed by atoms with E-state index in [1.54, 1.807) is 31.2 Å². The van der Waals surface area contributed by atoms with Crippen LogP contribution < -0.4 is 15.2 Å². The van der Waals surface area contributed by atoms with E-state index >= 15 is 0 Å². The summed E-state index contributed by atoms with van der Waals surface area (Å²) < 4.78 is 32.8. The van der Waals surface area contributed by atoms with Crippen LogP contribution >= 0.6 is 22.9 Å². The lowest BCUT2D eigenvalue weighted by Gasteiger charge is -2.10.